The Morgan fingerprint density at radius 1 is 1.00 bits per heavy atom. The fourth-order valence-corrected chi connectivity index (χ4v) is 2.53. The summed E-state index contributed by atoms with van der Waals surface area (Å²) in [4.78, 5) is 23.5. The number of rotatable bonds is 11. The fraction of sp³-hybridized carbons (Fsp3) is 0.300. The van der Waals surface area contributed by atoms with Crippen molar-refractivity contribution in [1.29, 1.82) is 0 Å². The number of benzene rings is 2. The van der Waals surface area contributed by atoms with E-state index in [1.165, 1.54) is 12.1 Å². The minimum Gasteiger partial charge on any atom is -0.484 e. The average Bonchev–Trinajstić information content (AvgIpc) is 2.71. The molecule has 1 atom stereocenters. The van der Waals surface area contributed by atoms with Crippen LogP contribution in [0, 0.1) is 5.82 Å². The molecule has 30 heavy (non-hydrogen) atoms. The summed E-state index contributed by atoms with van der Waals surface area (Å²) < 4.78 is 23.7. The van der Waals surface area contributed by atoms with Crippen molar-refractivity contribution < 1.29 is 28.6 Å². The Morgan fingerprint density at radius 3 is 2.33 bits per heavy atom. The van der Waals surface area contributed by atoms with Crippen LogP contribution in [0.1, 0.15) is 6.42 Å². The largest absolute Gasteiger partial charge is 0.484 e. The monoisotopic (exact) mass is 458 g/mol. The molecule has 2 aromatic rings. The molecule has 0 aromatic heterocycles. The van der Waals surface area contributed by atoms with E-state index < -0.39 is 23.7 Å². The van der Waals surface area contributed by atoms with E-state index in [-0.39, 0.29) is 43.5 Å². The molecule has 0 aliphatic rings. The Labute approximate surface area is 183 Å². The number of amides is 2. The van der Waals surface area contributed by atoms with Crippen LogP contribution in [0.25, 0.3) is 0 Å². The van der Waals surface area contributed by atoms with E-state index in [0.717, 1.165) is 6.07 Å². The zero-order valence-corrected chi connectivity index (χ0v) is 17.4. The molecule has 0 heterocycles. The van der Waals surface area contributed by atoms with Crippen LogP contribution in [-0.4, -0.2) is 49.3 Å². The molecule has 0 unspecified atom stereocenters. The quantitative estimate of drug-likeness (QED) is 0.480. The maximum absolute atomic E-state index is 13.3. The Morgan fingerprint density at radius 2 is 1.67 bits per heavy atom. The zero-order chi connectivity index (χ0) is 21.9. The van der Waals surface area contributed by atoms with E-state index in [2.05, 4.69) is 10.6 Å². The predicted octanol–water partition coefficient (Wildman–Crippen LogP) is 2.57. The molecule has 0 saturated heterocycles. The van der Waals surface area contributed by atoms with Gasteiger partial charge < -0.3 is 25.2 Å². The summed E-state index contributed by atoms with van der Waals surface area (Å²) in [6.07, 6.45) is -0.636. The molecule has 10 heteroatoms. The first-order valence-electron chi connectivity index (χ1n) is 9.01. The lowest BCUT2D eigenvalue weighted by Crippen LogP contribution is -2.37. The fourth-order valence-electron chi connectivity index (χ4n) is 2.24. The molecular weight excluding hydrogens is 438 g/mol. The van der Waals surface area contributed by atoms with Crippen molar-refractivity contribution in [2.75, 3.05) is 26.3 Å². The number of halogens is 3. The molecular formula is C20H21Cl2FN2O5. The molecule has 7 nitrogen and oxygen atoms in total. The third-order valence-electron chi connectivity index (χ3n) is 3.76. The van der Waals surface area contributed by atoms with Crippen LogP contribution in [0.4, 0.5) is 4.39 Å². The van der Waals surface area contributed by atoms with Crippen LogP contribution in [0.5, 0.6) is 11.5 Å². The molecule has 0 aliphatic heterocycles. The molecule has 0 spiro atoms. The van der Waals surface area contributed by atoms with E-state index in [1.54, 1.807) is 24.3 Å². The first-order valence-corrected chi connectivity index (χ1v) is 9.77. The van der Waals surface area contributed by atoms with Gasteiger partial charge in [0, 0.05) is 24.2 Å². The van der Waals surface area contributed by atoms with Crippen LogP contribution < -0.4 is 20.1 Å². The standard InChI is InChI=1S/C20H21Cl2FN2O5/c21-13-2-1-3-15(8-13)29-12-20(28)25-10-14(26)6-7-24-19(27)11-30-16-4-5-17(22)18(23)9-16/h1-5,8-9,14,26H,6-7,10-12H2,(H,24,27)(H,25,28)/t14-/m0/s1. The lowest BCUT2D eigenvalue weighted by atomic mass is 10.2. The van der Waals surface area contributed by atoms with Crippen molar-refractivity contribution in [2.24, 2.45) is 0 Å². The van der Waals surface area contributed by atoms with Gasteiger partial charge in [-0.3, -0.25) is 9.59 Å². The van der Waals surface area contributed by atoms with E-state index >= 15 is 0 Å². The number of hydrogen-bond donors (Lipinski definition) is 3. The van der Waals surface area contributed by atoms with Crippen molar-refractivity contribution in [1.82, 2.24) is 10.6 Å². The number of carbonyl (C=O) groups excluding carboxylic acids is 2. The summed E-state index contributed by atoms with van der Waals surface area (Å²) in [7, 11) is 0. The maximum Gasteiger partial charge on any atom is 0.258 e. The summed E-state index contributed by atoms with van der Waals surface area (Å²) >= 11 is 11.4. The van der Waals surface area contributed by atoms with Gasteiger partial charge in [0.1, 0.15) is 17.3 Å². The molecule has 2 aromatic carbocycles. The highest BCUT2D eigenvalue weighted by molar-refractivity contribution is 6.31. The number of aliphatic hydroxyl groups is 1. The first kappa shape index (κ1) is 23.7. The summed E-state index contributed by atoms with van der Waals surface area (Å²) in [6.45, 7) is -0.345. The van der Waals surface area contributed by atoms with Crippen LogP contribution >= 0.6 is 23.2 Å². The van der Waals surface area contributed by atoms with E-state index in [0.29, 0.717) is 10.8 Å². The van der Waals surface area contributed by atoms with Gasteiger partial charge in [-0.2, -0.15) is 0 Å². The Balaban J connectivity index is 1.56. The van der Waals surface area contributed by atoms with Gasteiger partial charge >= 0.3 is 0 Å². The van der Waals surface area contributed by atoms with Gasteiger partial charge in [-0.25, -0.2) is 4.39 Å². The second-order valence-corrected chi connectivity index (χ2v) is 7.05. The van der Waals surface area contributed by atoms with Crippen LogP contribution in [0.15, 0.2) is 42.5 Å². The van der Waals surface area contributed by atoms with Gasteiger partial charge in [0.15, 0.2) is 13.2 Å². The summed E-state index contributed by atoms with van der Waals surface area (Å²) in [5, 5.41) is 15.4. The lowest BCUT2D eigenvalue weighted by Gasteiger charge is -2.13. The van der Waals surface area contributed by atoms with Crippen molar-refractivity contribution in [2.45, 2.75) is 12.5 Å². The molecule has 0 saturated carbocycles. The lowest BCUT2D eigenvalue weighted by molar-refractivity contribution is -0.124. The van der Waals surface area contributed by atoms with Crippen molar-refractivity contribution in [3.63, 3.8) is 0 Å². The van der Waals surface area contributed by atoms with Crippen molar-refractivity contribution >= 4 is 35.0 Å². The molecule has 0 aliphatic carbocycles. The van der Waals surface area contributed by atoms with Gasteiger partial charge in [0.05, 0.1) is 11.1 Å². The smallest absolute Gasteiger partial charge is 0.258 e. The van der Waals surface area contributed by atoms with Gasteiger partial charge in [-0.05, 0) is 36.8 Å². The van der Waals surface area contributed by atoms with Gasteiger partial charge in [-0.1, -0.05) is 29.3 Å². The Bertz CT molecular complexity index is 869. The summed E-state index contributed by atoms with van der Waals surface area (Å²) in [5.74, 6) is -0.838. The highest BCUT2D eigenvalue weighted by atomic mass is 35.5. The summed E-state index contributed by atoms with van der Waals surface area (Å²) in [6, 6.07) is 10.5. The minimum atomic E-state index is -0.855. The van der Waals surface area contributed by atoms with E-state index in [9.17, 15) is 19.1 Å². The number of hydrogen-bond acceptors (Lipinski definition) is 5. The van der Waals surface area contributed by atoms with Crippen LogP contribution in [0.3, 0.4) is 0 Å². The molecule has 162 valence electrons. The minimum absolute atomic E-state index is 0.00810. The highest BCUT2D eigenvalue weighted by Gasteiger charge is 2.10. The second-order valence-electron chi connectivity index (χ2n) is 6.21. The van der Waals surface area contributed by atoms with E-state index in [1.807, 2.05) is 0 Å². The molecule has 2 rings (SSSR count). The second kappa shape index (κ2) is 12.2. The first-order chi connectivity index (χ1) is 14.3. The highest BCUT2D eigenvalue weighted by Crippen LogP contribution is 2.20. The number of aliphatic hydroxyl groups excluding tert-OH is 1. The third kappa shape index (κ3) is 8.86. The average molecular weight is 459 g/mol. The topological polar surface area (TPSA) is 96.9 Å². The third-order valence-corrected chi connectivity index (χ3v) is 4.30. The van der Waals surface area contributed by atoms with Crippen molar-refractivity contribution in [3.8, 4) is 11.5 Å². The normalized spacial score (nSPS) is 11.5. The number of nitrogens with one attached hydrogen (secondary N) is 2. The molecule has 0 bridgehead atoms. The van der Waals surface area contributed by atoms with Gasteiger partial charge in [0.25, 0.3) is 11.8 Å². The van der Waals surface area contributed by atoms with Gasteiger partial charge in [-0.15, -0.1) is 0 Å². The van der Waals surface area contributed by atoms with Gasteiger partial charge in [0.2, 0.25) is 0 Å². The molecule has 2 amide bonds. The predicted molar refractivity (Wildman–Crippen MR) is 110 cm³/mol. The van der Waals surface area contributed by atoms with Crippen molar-refractivity contribution in [3.05, 3.63) is 58.3 Å². The Hall–Kier alpha value is -2.55. The zero-order valence-electron chi connectivity index (χ0n) is 15.9. The number of carbonyl (C=O) groups is 2. The molecule has 3 N–H and O–H groups in total. The summed E-state index contributed by atoms with van der Waals surface area (Å²) in [5.41, 5.74) is 0. The molecule has 0 fully saturated rings. The number of ether oxygens (including phenoxy) is 2. The SMILES string of the molecule is O=C(COc1ccc(Cl)c(F)c1)NCC[C@H](O)CNC(=O)COc1cccc(Cl)c1. The maximum atomic E-state index is 13.3. The molecule has 0 radical (unpaired) electrons. The Kier molecular flexibility index (Phi) is 9.66. The van der Waals surface area contributed by atoms with E-state index in [4.69, 9.17) is 32.7 Å². The van der Waals surface area contributed by atoms with Crippen LogP contribution in [-0.2, 0) is 9.59 Å². The van der Waals surface area contributed by atoms with Crippen LogP contribution in [0.2, 0.25) is 10.0 Å².